The van der Waals surface area contributed by atoms with E-state index in [1.54, 1.807) is 0 Å². The third-order valence-electron chi connectivity index (χ3n) is 4.96. The van der Waals surface area contributed by atoms with Crippen molar-refractivity contribution in [2.24, 2.45) is 0 Å². The molecule has 0 fully saturated rings. The lowest BCUT2D eigenvalue weighted by molar-refractivity contribution is -0.138. The summed E-state index contributed by atoms with van der Waals surface area (Å²) in [6.45, 7) is 4.59. The van der Waals surface area contributed by atoms with Gasteiger partial charge >= 0.3 is 11.9 Å². The van der Waals surface area contributed by atoms with Crippen molar-refractivity contribution in [2.45, 2.75) is 95.8 Å². The monoisotopic (exact) mass is 438 g/mol. The van der Waals surface area contributed by atoms with Gasteiger partial charge in [0.1, 0.15) is 5.75 Å². The van der Waals surface area contributed by atoms with E-state index in [0.29, 0.717) is 19.4 Å². The summed E-state index contributed by atoms with van der Waals surface area (Å²) in [5.74, 6) is 0.466. The molecule has 0 bridgehead atoms. The van der Waals surface area contributed by atoms with E-state index in [9.17, 15) is 9.59 Å². The Bertz CT molecular complexity index is 645. The number of thioether (sulfide) groups is 1. The van der Waals surface area contributed by atoms with Crippen LogP contribution < -0.4 is 4.74 Å². The van der Waals surface area contributed by atoms with Gasteiger partial charge in [0.15, 0.2) is 0 Å². The summed E-state index contributed by atoms with van der Waals surface area (Å²) in [6.07, 6.45) is 11.3. The number of carboxylic acids is 2. The number of hydrogen-bond acceptors (Lipinski definition) is 4. The van der Waals surface area contributed by atoms with Gasteiger partial charge in [-0.25, -0.2) is 0 Å². The van der Waals surface area contributed by atoms with Crippen LogP contribution in [-0.2, 0) is 9.59 Å². The van der Waals surface area contributed by atoms with Gasteiger partial charge in [-0.15, -0.1) is 11.8 Å². The topological polar surface area (TPSA) is 83.8 Å². The van der Waals surface area contributed by atoms with E-state index in [1.807, 2.05) is 17.8 Å². The van der Waals surface area contributed by atoms with E-state index in [1.165, 1.54) is 49.0 Å². The summed E-state index contributed by atoms with van der Waals surface area (Å²) in [6, 6.07) is 4.22. The Morgan fingerprint density at radius 2 is 1.33 bits per heavy atom. The molecule has 0 aliphatic rings. The van der Waals surface area contributed by atoms with Gasteiger partial charge in [0.25, 0.3) is 0 Å². The van der Waals surface area contributed by atoms with E-state index in [-0.39, 0.29) is 6.42 Å². The zero-order chi connectivity index (χ0) is 22.2. The first-order valence-corrected chi connectivity index (χ1v) is 12.2. The molecule has 1 aromatic rings. The molecule has 5 nitrogen and oxygen atoms in total. The number of aliphatic carboxylic acids is 2. The highest BCUT2D eigenvalue weighted by Gasteiger charge is 2.10. The van der Waals surface area contributed by atoms with E-state index in [0.717, 1.165) is 36.3 Å². The number of carboxylic acid groups (broad SMARTS) is 2. The maximum Gasteiger partial charge on any atom is 0.303 e. The molecule has 0 aliphatic heterocycles. The fourth-order valence-electron chi connectivity index (χ4n) is 3.40. The first-order chi connectivity index (χ1) is 14.4. The normalized spacial score (nSPS) is 10.9. The minimum atomic E-state index is -0.785. The summed E-state index contributed by atoms with van der Waals surface area (Å²) >= 11 is 1.84. The van der Waals surface area contributed by atoms with Gasteiger partial charge in [-0.3, -0.25) is 9.59 Å². The lowest BCUT2D eigenvalue weighted by atomic mass is 10.1. The molecule has 0 aromatic heterocycles. The van der Waals surface area contributed by atoms with Crippen molar-refractivity contribution in [1.29, 1.82) is 0 Å². The highest BCUT2D eigenvalue weighted by atomic mass is 32.2. The molecule has 0 saturated heterocycles. The second kappa shape index (κ2) is 16.1. The number of ether oxygens (including phenoxy) is 1. The van der Waals surface area contributed by atoms with Crippen molar-refractivity contribution in [3.05, 3.63) is 23.3 Å². The zero-order valence-corrected chi connectivity index (χ0v) is 19.4. The molecule has 0 saturated carbocycles. The second-order valence-electron chi connectivity index (χ2n) is 7.93. The lowest BCUT2D eigenvalue weighted by Gasteiger charge is -2.15. The average molecular weight is 439 g/mol. The Labute approximate surface area is 185 Å². The molecule has 2 N–H and O–H groups in total. The minimum Gasteiger partial charge on any atom is -0.492 e. The number of aryl methyl sites for hydroxylation is 2. The predicted octanol–water partition coefficient (Wildman–Crippen LogP) is 6.62. The van der Waals surface area contributed by atoms with Crippen LogP contribution in [0, 0.1) is 13.8 Å². The van der Waals surface area contributed by atoms with Gasteiger partial charge in [-0.1, -0.05) is 51.0 Å². The SMILES string of the molecule is Cc1cc(C)c(SCCCCCCCCCCCC(=O)O)c(OCCCC(=O)O)c1. The van der Waals surface area contributed by atoms with Gasteiger partial charge in [0, 0.05) is 12.8 Å². The Kier molecular flexibility index (Phi) is 14.1. The van der Waals surface area contributed by atoms with Crippen LogP contribution in [0.5, 0.6) is 5.75 Å². The van der Waals surface area contributed by atoms with Crippen LogP contribution in [0.25, 0.3) is 0 Å². The van der Waals surface area contributed by atoms with Gasteiger partial charge in [-0.2, -0.15) is 0 Å². The average Bonchev–Trinajstić information content (AvgIpc) is 2.67. The van der Waals surface area contributed by atoms with Crippen molar-refractivity contribution < 1.29 is 24.5 Å². The highest BCUT2D eigenvalue weighted by molar-refractivity contribution is 7.99. The third kappa shape index (κ3) is 12.8. The minimum absolute atomic E-state index is 0.135. The smallest absolute Gasteiger partial charge is 0.303 e. The molecule has 6 heteroatoms. The molecular formula is C24H38O5S. The summed E-state index contributed by atoms with van der Waals surface area (Å²) < 4.78 is 5.90. The van der Waals surface area contributed by atoms with Crippen LogP contribution in [0.4, 0.5) is 0 Å². The Morgan fingerprint density at radius 3 is 1.93 bits per heavy atom. The summed E-state index contributed by atoms with van der Waals surface area (Å²) in [7, 11) is 0. The molecule has 0 heterocycles. The van der Waals surface area contributed by atoms with Crippen molar-refractivity contribution in [2.75, 3.05) is 12.4 Å². The van der Waals surface area contributed by atoms with Crippen molar-refractivity contribution in [3.63, 3.8) is 0 Å². The molecular weight excluding hydrogens is 400 g/mol. The fraction of sp³-hybridized carbons (Fsp3) is 0.667. The molecule has 1 aromatic carbocycles. The summed E-state index contributed by atoms with van der Waals surface area (Å²) in [4.78, 5) is 22.3. The van der Waals surface area contributed by atoms with E-state index in [4.69, 9.17) is 14.9 Å². The van der Waals surface area contributed by atoms with E-state index in [2.05, 4.69) is 19.9 Å². The molecule has 0 aliphatic carbocycles. The molecule has 0 spiro atoms. The van der Waals surface area contributed by atoms with E-state index >= 15 is 0 Å². The van der Waals surface area contributed by atoms with Crippen molar-refractivity contribution in [3.8, 4) is 5.75 Å². The van der Waals surface area contributed by atoms with Crippen LogP contribution in [0.15, 0.2) is 17.0 Å². The number of rotatable bonds is 18. The summed E-state index contributed by atoms with van der Waals surface area (Å²) in [5.41, 5.74) is 2.38. The van der Waals surface area contributed by atoms with Crippen LogP contribution in [0.1, 0.15) is 88.2 Å². The maximum absolute atomic E-state index is 10.7. The predicted molar refractivity (Wildman–Crippen MR) is 123 cm³/mol. The first kappa shape index (κ1) is 26.3. The molecule has 170 valence electrons. The van der Waals surface area contributed by atoms with Gasteiger partial charge in [0.05, 0.1) is 11.5 Å². The van der Waals surface area contributed by atoms with Crippen LogP contribution >= 0.6 is 11.8 Å². The van der Waals surface area contributed by atoms with Crippen LogP contribution in [-0.4, -0.2) is 34.5 Å². The van der Waals surface area contributed by atoms with Crippen molar-refractivity contribution >= 4 is 23.7 Å². The second-order valence-corrected chi connectivity index (χ2v) is 9.03. The van der Waals surface area contributed by atoms with Crippen LogP contribution in [0.3, 0.4) is 0 Å². The highest BCUT2D eigenvalue weighted by Crippen LogP contribution is 2.34. The van der Waals surface area contributed by atoms with Gasteiger partial charge in [-0.05, 0) is 56.1 Å². The number of benzene rings is 1. The zero-order valence-electron chi connectivity index (χ0n) is 18.6. The summed E-state index contributed by atoms with van der Waals surface area (Å²) in [5, 5.41) is 17.4. The van der Waals surface area contributed by atoms with E-state index < -0.39 is 11.9 Å². The molecule has 0 unspecified atom stereocenters. The molecule has 0 atom stereocenters. The standard InChI is InChI=1S/C24H38O5S/c1-19-17-20(2)24(21(18-19)29-15-12-14-23(27)28)30-16-11-9-7-5-3-4-6-8-10-13-22(25)26/h17-18H,3-16H2,1-2H3,(H,25,26)(H,27,28). The third-order valence-corrected chi connectivity index (χ3v) is 6.26. The Hall–Kier alpha value is -1.69. The fourth-order valence-corrected chi connectivity index (χ4v) is 4.50. The molecule has 0 radical (unpaired) electrons. The Morgan fingerprint density at radius 1 is 0.800 bits per heavy atom. The van der Waals surface area contributed by atoms with Crippen molar-refractivity contribution in [1.82, 2.24) is 0 Å². The number of hydrogen-bond donors (Lipinski definition) is 2. The van der Waals surface area contributed by atoms with Gasteiger partial charge < -0.3 is 14.9 Å². The van der Waals surface area contributed by atoms with Crippen LogP contribution in [0.2, 0.25) is 0 Å². The number of carbonyl (C=O) groups is 2. The Balaban J connectivity index is 2.19. The quantitative estimate of drug-likeness (QED) is 0.198. The largest absolute Gasteiger partial charge is 0.492 e. The first-order valence-electron chi connectivity index (χ1n) is 11.2. The molecule has 1 rings (SSSR count). The molecule has 0 amide bonds. The number of unbranched alkanes of at least 4 members (excludes halogenated alkanes) is 8. The lowest BCUT2D eigenvalue weighted by Crippen LogP contribution is -2.03. The maximum atomic E-state index is 10.7. The molecule has 30 heavy (non-hydrogen) atoms. The van der Waals surface area contributed by atoms with Gasteiger partial charge in [0.2, 0.25) is 0 Å².